The van der Waals surface area contributed by atoms with Crippen molar-refractivity contribution in [3.05, 3.63) is 48.7 Å². The number of hydrogen-bond acceptors (Lipinski definition) is 5. The number of rotatable bonds is 8. The van der Waals surface area contributed by atoms with Gasteiger partial charge in [0, 0.05) is 19.3 Å². The second-order valence-electron chi connectivity index (χ2n) is 4.89. The second-order valence-corrected chi connectivity index (χ2v) is 6.22. The Hall–Kier alpha value is -2.32. The van der Waals surface area contributed by atoms with E-state index >= 15 is 0 Å². The van der Waals surface area contributed by atoms with Crippen molar-refractivity contribution < 1.29 is 18.1 Å². The largest absolute Gasteiger partial charge is 0.506 e. The number of pyridine rings is 1. The van der Waals surface area contributed by atoms with Crippen LogP contribution in [0.3, 0.4) is 0 Å². The lowest BCUT2D eigenvalue weighted by molar-refractivity contribution is 0.463. The van der Waals surface area contributed by atoms with Crippen LogP contribution in [-0.2, 0) is 10.3 Å². The van der Waals surface area contributed by atoms with E-state index in [1.54, 1.807) is 18.3 Å². The van der Waals surface area contributed by atoms with Crippen LogP contribution < -0.4 is 9.62 Å². The summed E-state index contributed by atoms with van der Waals surface area (Å²) in [5.74, 6) is 0.552. The fourth-order valence-corrected chi connectivity index (χ4v) is 2.86. The number of aromatic nitrogens is 1. The van der Waals surface area contributed by atoms with Crippen LogP contribution in [0.2, 0.25) is 0 Å². The van der Waals surface area contributed by atoms with E-state index in [1.807, 2.05) is 18.2 Å². The first-order valence-corrected chi connectivity index (χ1v) is 8.56. The molecule has 0 aliphatic rings. The highest BCUT2D eigenvalue weighted by atomic mass is 32.2. The molecule has 0 unspecified atom stereocenters. The Morgan fingerprint density at radius 2 is 1.83 bits per heavy atom. The molecule has 1 heterocycles. The highest BCUT2D eigenvalue weighted by Crippen LogP contribution is 2.28. The molecule has 0 saturated heterocycles. The summed E-state index contributed by atoms with van der Waals surface area (Å²) in [6.45, 7) is 0.692. The van der Waals surface area contributed by atoms with E-state index in [1.165, 1.54) is 12.1 Å². The van der Waals surface area contributed by atoms with Gasteiger partial charge in [0.15, 0.2) is 0 Å². The Morgan fingerprint density at radius 1 is 1.09 bits per heavy atom. The molecule has 0 aliphatic heterocycles. The van der Waals surface area contributed by atoms with Gasteiger partial charge in [-0.05, 0) is 37.1 Å². The third-order valence-electron chi connectivity index (χ3n) is 3.19. The number of aromatic hydroxyl groups is 1. The van der Waals surface area contributed by atoms with Gasteiger partial charge in [0.05, 0.1) is 5.69 Å². The molecule has 1 aromatic heterocycles. The number of benzene rings is 1. The third-order valence-corrected chi connectivity index (χ3v) is 4.12. The molecular formula is C15H19N3O4S. The fraction of sp³-hybridized carbons (Fsp3) is 0.267. The van der Waals surface area contributed by atoms with Crippen LogP contribution in [0.1, 0.15) is 12.8 Å². The molecule has 2 aromatic rings. The molecule has 0 atom stereocenters. The summed E-state index contributed by atoms with van der Waals surface area (Å²) in [6.07, 6.45) is 2.87. The van der Waals surface area contributed by atoms with Gasteiger partial charge in [0.25, 0.3) is 0 Å². The summed E-state index contributed by atoms with van der Waals surface area (Å²) in [4.78, 5) is 4.12. The molecule has 0 fully saturated rings. The van der Waals surface area contributed by atoms with Gasteiger partial charge in [-0.1, -0.05) is 18.2 Å². The van der Waals surface area contributed by atoms with Crippen molar-refractivity contribution in [2.75, 3.05) is 22.7 Å². The summed E-state index contributed by atoms with van der Waals surface area (Å²) in [5.41, 5.74) is 0.0627. The Balaban J connectivity index is 1.89. The first kappa shape index (κ1) is 17.0. The number of hydrogen-bond donors (Lipinski definition) is 3. The van der Waals surface area contributed by atoms with Gasteiger partial charge >= 0.3 is 10.3 Å². The summed E-state index contributed by atoms with van der Waals surface area (Å²) in [5, 5.41) is 12.9. The van der Waals surface area contributed by atoms with Gasteiger partial charge < -0.3 is 10.4 Å². The summed E-state index contributed by atoms with van der Waals surface area (Å²) < 4.78 is 33.2. The molecule has 0 amide bonds. The Kier molecular flexibility index (Phi) is 5.78. The van der Waals surface area contributed by atoms with E-state index in [0.717, 1.165) is 10.1 Å². The first-order valence-electron chi connectivity index (χ1n) is 7.16. The minimum absolute atomic E-state index is 0.0627. The van der Waals surface area contributed by atoms with E-state index in [0.29, 0.717) is 19.4 Å². The van der Waals surface area contributed by atoms with Gasteiger partial charge in [-0.2, -0.15) is 8.42 Å². The number of nitrogens with zero attached hydrogens (tertiary/aromatic N) is 2. The average Bonchev–Trinajstić information content (AvgIpc) is 2.52. The van der Waals surface area contributed by atoms with Crippen LogP contribution in [0.15, 0.2) is 48.7 Å². The van der Waals surface area contributed by atoms with Gasteiger partial charge in [-0.25, -0.2) is 9.29 Å². The maximum absolute atomic E-state index is 11.5. The minimum Gasteiger partial charge on any atom is -0.506 e. The lowest BCUT2D eigenvalue weighted by Gasteiger charge is -2.21. The third kappa shape index (κ3) is 5.11. The van der Waals surface area contributed by atoms with Crippen LogP contribution in [0.25, 0.3) is 0 Å². The summed E-state index contributed by atoms with van der Waals surface area (Å²) in [7, 11) is -4.44. The van der Waals surface area contributed by atoms with Crippen molar-refractivity contribution >= 4 is 21.8 Å². The smallest absolute Gasteiger partial charge is 0.360 e. The molecule has 0 spiro atoms. The fourth-order valence-electron chi connectivity index (χ4n) is 2.10. The molecule has 0 bridgehead atoms. The van der Waals surface area contributed by atoms with Crippen molar-refractivity contribution in [1.82, 2.24) is 4.98 Å². The topological polar surface area (TPSA) is 103 Å². The molecular weight excluding hydrogens is 318 g/mol. The standard InChI is InChI=1S/C15H19N3O4S/c19-14-8-2-1-7-13(14)18(23(20,21)22)12-6-5-11-17-15-9-3-4-10-16-15/h1-4,7-10,19H,5-6,11-12H2,(H,16,17)(H,20,21,22). The van der Waals surface area contributed by atoms with E-state index in [-0.39, 0.29) is 18.0 Å². The maximum Gasteiger partial charge on any atom is 0.360 e. The monoisotopic (exact) mass is 337 g/mol. The van der Waals surface area contributed by atoms with Gasteiger partial charge in [-0.3, -0.25) is 4.55 Å². The zero-order valence-corrected chi connectivity index (χ0v) is 13.3. The quantitative estimate of drug-likeness (QED) is 0.504. The van der Waals surface area contributed by atoms with Crippen LogP contribution in [0, 0.1) is 0 Å². The number of phenolic OH excluding ortho intramolecular Hbond substituents is 1. The molecule has 0 saturated carbocycles. The Labute approximate surface area is 135 Å². The summed E-state index contributed by atoms with van der Waals surface area (Å²) >= 11 is 0. The predicted molar refractivity (Wildman–Crippen MR) is 89.0 cm³/mol. The van der Waals surface area contributed by atoms with E-state index < -0.39 is 10.3 Å². The zero-order chi connectivity index (χ0) is 16.7. The number of unbranched alkanes of at least 4 members (excludes halogenated alkanes) is 1. The minimum atomic E-state index is -4.44. The zero-order valence-electron chi connectivity index (χ0n) is 12.5. The van der Waals surface area contributed by atoms with Gasteiger partial charge in [0.1, 0.15) is 11.6 Å². The molecule has 3 N–H and O–H groups in total. The molecule has 124 valence electrons. The average molecular weight is 337 g/mol. The van der Waals surface area contributed by atoms with Gasteiger partial charge in [0.2, 0.25) is 0 Å². The maximum atomic E-state index is 11.5. The second kappa shape index (κ2) is 7.80. The highest BCUT2D eigenvalue weighted by Gasteiger charge is 2.21. The summed E-state index contributed by atoms with van der Waals surface area (Å²) in [6, 6.07) is 11.5. The Morgan fingerprint density at radius 3 is 2.48 bits per heavy atom. The highest BCUT2D eigenvalue weighted by molar-refractivity contribution is 7.87. The number of para-hydroxylation sites is 2. The van der Waals surface area contributed by atoms with Crippen LogP contribution in [0.5, 0.6) is 5.75 Å². The molecule has 0 radical (unpaired) electrons. The van der Waals surface area contributed by atoms with Crippen LogP contribution >= 0.6 is 0 Å². The molecule has 0 aliphatic carbocycles. The van der Waals surface area contributed by atoms with E-state index in [2.05, 4.69) is 10.3 Å². The molecule has 23 heavy (non-hydrogen) atoms. The van der Waals surface area contributed by atoms with Crippen molar-refractivity contribution in [1.29, 1.82) is 0 Å². The molecule has 7 nitrogen and oxygen atoms in total. The first-order chi connectivity index (χ1) is 11.0. The SMILES string of the molecule is O=S(=O)(O)N(CCCCNc1ccccn1)c1ccccc1O. The lowest BCUT2D eigenvalue weighted by Crippen LogP contribution is -2.31. The number of anilines is 2. The molecule has 8 heteroatoms. The van der Waals surface area contributed by atoms with Crippen molar-refractivity contribution in [2.24, 2.45) is 0 Å². The number of phenols is 1. The van der Waals surface area contributed by atoms with Crippen LogP contribution in [0.4, 0.5) is 11.5 Å². The Bertz CT molecular complexity index is 723. The molecule has 2 rings (SSSR count). The van der Waals surface area contributed by atoms with Gasteiger partial charge in [-0.15, -0.1) is 0 Å². The van der Waals surface area contributed by atoms with Crippen molar-refractivity contribution in [2.45, 2.75) is 12.8 Å². The van der Waals surface area contributed by atoms with Crippen molar-refractivity contribution in [3.63, 3.8) is 0 Å². The normalized spacial score (nSPS) is 11.2. The number of nitrogens with one attached hydrogen (secondary N) is 1. The predicted octanol–water partition coefficient (Wildman–Crippen LogP) is 2.29. The van der Waals surface area contributed by atoms with E-state index in [4.69, 9.17) is 0 Å². The molecule has 1 aromatic carbocycles. The van der Waals surface area contributed by atoms with Crippen LogP contribution in [-0.4, -0.2) is 36.2 Å². The van der Waals surface area contributed by atoms with E-state index in [9.17, 15) is 18.1 Å². The van der Waals surface area contributed by atoms with Crippen molar-refractivity contribution in [3.8, 4) is 5.75 Å². The lowest BCUT2D eigenvalue weighted by atomic mass is 10.2.